The molecule has 1 saturated heterocycles. The third kappa shape index (κ3) is 3.75. The van der Waals surface area contributed by atoms with Crippen LogP contribution in [-0.2, 0) is 33.9 Å². The molecule has 1 N–H and O–H groups in total. The lowest BCUT2D eigenvalue weighted by Gasteiger charge is -2.25. The van der Waals surface area contributed by atoms with E-state index in [2.05, 4.69) is 11.3 Å². The van der Waals surface area contributed by atoms with Crippen molar-refractivity contribution in [1.29, 1.82) is 0 Å². The maximum absolute atomic E-state index is 13.3. The number of hydrogen-bond donors (Lipinski definition) is 1. The lowest BCUT2D eigenvalue weighted by Crippen LogP contribution is -2.47. The summed E-state index contributed by atoms with van der Waals surface area (Å²) < 4.78 is 97.0. The van der Waals surface area contributed by atoms with Crippen LogP contribution in [0, 0.1) is 17.8 Å². The molecule has 2 saturated carbocycles. The molecule has 13 heteroatoms. The largest absolute Gasteiger partial charge is 0.458 e. The zero-order valence-corrected chi connectivity index (χ0v) is 15.7. The topological polar surface area (TPSA) is 116 Å². The third-order valence-electron chi connectivity index (χ3n) is 5.53. The van der Waals surface area contributed by atoms with E-state index in [1.165, 1.54) is 0 Å². The van der Waals surface area contributed by atoms with Crippen LogP contribution in [0.25, 0.3) is 0 Å². The zero-order valence-electron chi connectivity index (χ0n) is 14.9. The molecule has 29 heavy (non-hydrogen) atoms. The molecule has 3 aliphatic rings. The first-order valence-electron chi connectivity index (χ1n) is 8.66. The quantitative estimate of drug-likeness (QED) is 0.187. The van der Waals surface area contributed by atoms with E-state index in [-0.39, 0.29) is 29.3 Å². The van der Waals surface area contributed by atoms with E-state index in [0.29, 0.717) is 12.8 Å². The fraction of sp³-hybridized carbons (Fsp3) is 0.750. The molecule has 0 aromatic heterocycles. The number of alkyl halides is 4. The van der Waals surface area contributed by atoms with E-state index >= 15 is 0 Å². The van der Waals surface area contributed by atoms with Gasteiger partial charge >= 0.3 is 33.2 Å². The normalized spacial score (nSPS) is 31.1. The average molecular weight is 446 g/mol. The number of halogens is 4. The molecular formula is C16H18F4O8S. The lowest BCUT2D eigenvalue weighted by atomic mass is 9.88. The molecule has 5 atom stereocenters. The summed E-state index contributed by atoms with van der Waals surface area (Å²) in [5.74, 6) is -6.51. The van der Waals surface area contributed by atoms with E-state index in [1.807, 2.05) is 0 Å². The molecule has 0 spiro atoms. The van der Waals surface area contributed by atoms with Crippen LogP contribution in [0.5, 0.6) is 0 Å². The van der Waals surface area contributed by atoms with Gasteiger partial charge in [-0.05, 0) is 12.8 Å². The highest BCUT2D eigenvalue weighted by Gasteiger charge is 2.65. The van der Waals surface area contributed by atoms with Gasteiger partial charge in [0.05, 0.1) is 24.7 Å². The maximum Gasteiger partial charge on any atom is 0.431 e. The van der Waals surface area contributed by atoms with Crippen LogP contribution in [-0.4, -0.2) is 61.5 Å². The summed E-state index contributed by atoms with van der Waals surface area (Å²) in [6.07, 6.45) is -1.64. The molecule has 3 rings (SSSR count). The van der Waals surface area contributed by atoms with Crippen molar-refractivity contribution in [3.05, 3.63) is 12.2 Å². The van der Waals surface area contributed by atoms with E-state index in [0.717, 1.165) is 0 Å². The van der Waals surface area contributed by atoms with Gasteiger partial charge in [-0.25, -0.2) is 4.79 Å². The number of ether oxygens (including phenoxy) is 3. The smallest absolute Gasteiger partial charge is 0.431 e. The summed E-state index contributed by atoms with van der Waals surface area (Å²) in [6.45, 7) is 1.71. The van der Waals surface area contributed by atoms with Crippen molar-refractivity contribution < 1.29 is 54.3 Å². The van der Waals surface area contributed by atoms with Crippen molar-refractivity contribution in [3.8, 4) is 0 Å². The summed E-state index contributed by atoms with van der Waals surface area (Å²) in [7, 11) is -6.32. The van der Waals surface area contributed by atoms with Gasteiger partial charge in [0.25, 0.3) is 0 Å². The second-order valence-electron chi connectivity index (χ2n) is 7.38. The van der Waals surface area contributed by atoms with Crippen molar-refractivity contribution in [2.45, 2.75) is 42.6 Å². The lowest BCUT2D eigenvalue weighted by molar-refractivity contribution is -0.170. The molecule has 164 valence electrons. The highest BCUT2D eigenvalue weighted by atomic mass is 32.2. The Morgan fingerprint density at radius 1 is 1.28 bits per heavy atom. The summed E-state index contributed by atoms with van der Waals surface area (Å²) in [5, 5.41) is -5.68. The molecular weight excluding hydrogens is 428 g/mol. The van der Waals surface area contributed by atoms with E-state index in [4.69, 9.17) is 14.0 Å². The van der Waals surface area contributed by atoms with E-state index in [9.17, 15) is 35.6 Å². The standard InChI is InChI=1S/C16H18F4O8S/c1-7(6-26-3-2-15(17,18)16(19,20)29(23,24)25)13(21)27-11-8-4-9-10(5-8)14(22)28-12(9)11/h8-12H,1-6H2,(H,23,24,25). The number of hydrogen-bond acceptors (Lipinski definition) is 7. The highest BCUT2D eigenvalue weighted by Crippen LogP contribution is 2.55. The molecule has 2 aliphatic carbocycles. The van der Waals surface area contributed by atoms with Crippen LogP contribution in [0.4, 0.5) is 17.6 Å². The second-order valence-corrected chi connectivity index (χ2v) is 8.84. The van der Waals surface area contributed by atoms with Crippen LogP contribution in [0.1, 0.15) is 19.3 Å². The van der Waals surface area contributed by atoms with Crippen LogP contribution >= 0.6 is 0 Å². The Morgan fingerprint density at radius 2 is 1.93 bits per heavy atom. The molecule has 0 aromatic rings. The summed E-state index contributed by atoms with van der Waals surface area (Å²) in [4.78, 5) is 23.8. The molecule has 1 aliphatic heterocycles. The van der Waals surface area contributed by atoms with E-state index in [1.54, 1.807) is 0 Å². The average Bonchev–Trinajstić information content (AvgIpc) is 3.22. The van der Waals surface area contributed by atoms with Crippen LogP contribution in [0.15, 0.2) is 12.2 Å². The van der Waals surface area contributed by atoms with Crippen molar-refractivity contribution in [2.75, 3.05) is 13.2 Å². The van der Waals surface area contributed by atoms with Gasteiger partial charge in [-0.3, -0.25) is 9.35 Å². The highest BCUT2D eigenvalue weighted by molar-refractivity contribution is 7.87. The first-order valence-corrected chi connectivity index (χ1v) is 10.1. The number of fused-ring (bicyclic) bond motifs is 1. The van der Waals surface area contributed by atoms with Crippen molar-refractivity contribution in [1.82, 2.24) is 0 Å². The first-order chi connectivity index (χ1) is 13.3. The number of carbonyl (C=O) groups is 2. The van der Waals surface area contributed by atoms with Gasteiger partial charge in [0.15, 0.2) is 0 Å². The summed E-state index contributed by atoms with van der Waals surface area (Å²) in [6, 6.07) is 0. The Bertz CT molecular complexity index is 827. The molecule has 0 radical (unpaired) electrons. The summed E-state index contributed by atoms with van der Waals surface area (Å²) >= 11 is 0. The van der Waals surface area contributed by atoms with Crippen molar-refractivity contribution in [2.24, 2.45) is 17.8 Å². The van der Waals surface area contributed by atoms with Gasteiger partial charge in [0.2, 0.25) is 0 Å². The first kappa shape index (κ1) is 22.0. The van der Waals surface area contributed by atoms with E-state index < -0.39 is 59.1 Å². The minimum absolute atomic E-state index is 0.00141. The van der Waals surface area contributed by atoms with Crippen LogP contribution in [0.2, 0.25) is 0 Å². The molecule has 0 amide bonds. The molecule has 3 fully saturated rings. The fourth-order valence-corrected chi connectivity index (χ4v) is 4.54. The fourth-order valence-electron chi connectivity index (χ4n) is 4.06. The Balaban J connectivity index is 1.45. The maximum atomic E-state index is 13.3. The molecule has 2 bridgehead atoms. The second kappa shape index (κ2) is 7.20. The monoisotopic (exact) mass is 446 g/mol. The van der Waals surface area contributed by atoms with Crippen LogP contribution < -0.4 is 0 Å². The minimum Gasteiger partial charge on any atom is -0.458 e. The van der Waals surface area contributed by atoms with Gasteiger partial charge < -0.3 is 14.2 Å². The number of rotatable bonds is 9. The third-order valence-corrected chi connectivity index (χ3v) is 6.48. The van der Waals surface area contributed by atoms with Crippen molar-refractivity contribution in [3.63, 3.8) is 0 Å². The molecule has 0 aromatic carbocycles. The Kier molecular flexibility index (Phi) is 5.45. The Hall–Kier alpha value is -1.73. The SMILES string of the molecule is C=C(COCCC(F)(F)C(F)(F)S(=O)(=O)O)C(=O)OC1C2CC3C(=O)OC1C3C2. The molecule has 8 nitrogen and oxygen atoms in total. The predicted molar refractivity (Wildman–Crippen MR) is 85.5 cm³/mol. The van der Waals surface area contributed by atoms with Gasteiger partial charge in [0.1, 0.15) is 12.2 Å². The number of esters is 2. The van der Waals surface area contributed by atoms with Gasteiger partial charge in [-0.1, -0.05) is 6.58 Å². The molecule has 5 unspecified atom stereocenters. The van der Waals surface area contributed by atoms with Gasteiger partial charge in [-0.2, -0.15) is 26.0 Å². The van der Waals surface area contributed by atoms with Gasteiger partial charge in [0, 0.05) is 18.3 Å². The summed E-state index contributed by atoms with van der Waals surface area (Å²) in [5.41, 5.74) is -0.279. The number of carbonyl (C=O) groups excluding carboxylic acids is 2. The predicted octanol–water partition coefficient (Wildman–Crippen LogP) is 1.56. The minimum atomic E-state index is -6.32. The molecule has 1 heterocycles. The zero-order chi connectivity index (χ0) is 21.8. The van der Waals surface area contributed by atoms with Crippen molar-refractivity contribution >= 4 is 22.1 Å². The van der Waals surface area contributed by atoms with Gasteiger partial charge in [-0.15, -0.1) is 0 Å². The Morgan fingerprint density at radius 3 is 2.55 bits per heavy atom. The Labute approximate surface area is 162 Å². The van der Waals surface area contributed by atoms with Crippen LogP contribution in [0.3, 0.4) is 0 Å².